The van der Waals surface area contributed by atoms with E-state index in [9.17, 15) is 38.1 Å². The molecule has 0 spiro atoms. The standard InChI is InChI=1S/C18H12N6O8S/c25-21-22(17-10-7-15(23(26)27)11-18(17)24(28)29)14-5-1-12(2-6-14)19-20-13-3-8-16(9-4-13)33(30,31)32/h1-11H,(H,30,31,32)/p-1. The Balaban J connectivity index is 1.85. The zero-order chi connectivity index (χ0) is 24.2. The van der Waals surface area contributed by atoms with Gasteiger partial charge in [-0.3, -0.25) is 20.2 Å². The van der Waals surface area contributed by atoms with Crippen molar-refractivity contribution >= 4 is 44.2 Å². The van der Waals surface area contributed by atoms with E-state index < -0.39 is 36.2 Å². The van der Waals surface area contributed by atoms with Gasteiger partial charge < -0.3 is 4.55 Å². The van der Waals surface area contributed by atoms with Gasteiger partial charge in [0, 0.05) is 6.07 Å². The van der Waals surface area contributed by atoms with Crippen molar-refractivity contribution in [3.8, 4) is 0 Å². The molecule has 0 N–H and O–H groups in total. The van der Waals surface area contributed by atoms with E-state index in [1.54, 1.807) is 0 Å². The Morgan fingerprint density at radius 2 is 1.33 bits per heavy atom. The molecule has 14 nitrogen and oxygen atoms in total. The van der Waals surface area contributed by atoms with Crippen LogP contribution >= 0.6 is 0 Å². The summed E-state index contributed by atoms with van der Waals surface area (Å²) < 4.78 is 32.8. The quantitative estimate of drug-likeness (QED) is 0.147. The van der Waals surface area contributed by atoms with Crippen LogP contribution in [0.4, 0.5) is 34.1 Å². The lowest BCUT2D eigenvalue weighted by Crippen LogP contribution is -2.10. The molecule has 0 aliphatic rings. The van der Waals surface area contributed by atoms with Crippen molar-refractivity contribution in [2.75, 3.05) is 5.01 Å². The van der Waals surface area contributed by atoms with E-state index in [0.717, 1.165) is 30.3 Å². The van der Waals surface area contributed by atoms with E-state index in [4.69, 9.17) is 0 Å². The molecule has 0 atom stereocenters. The van der Waals surface area contributed by atoms with E-state index in [-0.39, 0.29) is 17.1 Å². The number of azo groups is 1. The van der Waals surface area contributed by atoms with Gasteiger partial charge in [0.1, 0.15) is 15.8 Å². The lowest BCUT2D eigenvalue weighted by Gasteiger charge is -2.15. The van der Waals surface area contributed by atoms with Crippen LogP contribution in [-0.2, 0) is 10.1 Å². The zero-order valence-corrected chi connectivity index (χ0v) is 17.0. The van der Waals surface area contributed by atoms with Gasteiger partial charge in [0.25, 0.3) is 5.69 Å². The van der Waals surface area contributed by atoms with Crippen LogP contribution in [0.3, 0.4) is 0 Å². The summed E-state index contributed by atoms with van der Waals surface area (Å²) in [6, 6.07) is 13.1. The molecule has 15 heteroatoms. The smallest absolute Gasteiger partial charge is 0.301 e. The highest BCUT2D eigenvalue weighted by Gasteiger charge is 2.25. The highest BCUT2D eigenvalue weighted by atomic mass is 32.2. The second kappa shape index (κ2) is 9.25. The minimum atomic E-state index is -4.58. The maximum absolute atomic E-state index is 11.4. The maximum atomic E-state index is 11.4. The molecule has 168 valence electrons. The molecule has 0 unspecified atom stereocenters. The average molecular weight is 471 g/mol. The molecule has 3 aromatic rings. The van der Waals surface area contributed by atoms with Gasteiger partial charge in [0.2, 0.25) is 0 Å². The Morgan fingerprint density at radius 3 is 1.79 bits per heavy atom. The van der Waals surface area contributed by atoms with E-state index >= 15 is 0 Å². The van der Waals surface area contributed by atoms with Gasteiger partial charge in [-0.25, -0.2) is 8.42 Å². The third kappa shape index (κ3) is 5.35. The first-order valence-electron chi connectivity index (χ1n) is 8.74. The molecule has 3 rings (SSSR count). The summed E-state index contributed by atoms with van der Waals surface area (Å²) in [6.07, 6.45) is 0. The Hall–Kier alpha value is -4.63. The topological polar surface area (TPSA) is 201 Å². The zero-order valence-electron chi connectivity index (χ0n) is 16.2. The Kier molecular flexibility index (Phi) is 6.46. The van der Waals surface area contributed by atoms with Crippen LogP contribution < -0.4 is 5.01 Å². The lowest BCUT2D eigenvalue weighted by molar-refractivity contribution is -0.393. The lowest BCUT2D eigenvalue weighted by atomic mass is 10.2. The first kappa shape index (κ1) is 23.0. The average Bonchev–Trinajstić information content (AvgIpc) is 2.78. The second-order valence-electron chi connectivity index (χ2n) is 6.25. The monoisotopic (exact) mass is 471 g/mol. The van der Waals surface area contributed by atoms with Crippen molar-refractivity contribution in [2.24, 2.45) is 15.5 Å². The van der Waals surface area contributed by atoms with Crippen molar-refractivity contribution in [1.29, 1.82) is 0 Å². The molecular weight excluding hydrogens is 460 g/mol. The fraction of sp³-hybridized carbons (Fsp3) is 0. The normalized spacial score (nSPS) is 11.3. The minimum absolute atomic E-state index is 0.117. The number of anilines is 2. The molecule has 0 aliphatic heterocycles. The summed E-state index contributed by atoms with van der Waals surface area (Å²) >= 11 is 0. The third-order valence-electron chi connectivity index (χ3n) is 4.18. The predicted molar refractivity (Wildman–Crippen MR) is 113 cm³/mol. The number of rotatable bonds is 8. The number of nitroso groups, excluding NO2 is 1. The SMILES string of the molecule is O=NN(c1ccc(N=Nc2ccc(S(=O)(=O)[O-])cc2)cc1)c1ccc([N+](=O)[O-])cc1[N+](=O)[O-]. The Labute approximate surface area is 184 Å². The molecular formula is C18H11N6O8S-. The minimum Gasteiger partial charge on any atom is -0.744 e. The van der Waals surface area contributed by atoms with Gasteiger partial charge in [-0.2, -0.15) is 15.2 Å². The molecule has 33 heavy (non-hydrogen) atoms. The number of hydrogen-bond donors (Lipinski definition) is 0. The van der Waals surface area contributed by atoms with Crippen LogP contribution in [0.5, 0.6) is 0 Å². The van der Waals surface area contributed by atoms with E-state index in [0.29, 0.717) is 10.7 Å². The van der Waals surface area contributed by atoms with Crippen LogP contribution in [0.25, 0.3) is 0 Å². The van der Waals surface area contributed by atoms with Crippen LogP contribution in [0, 0.1) is 25.1 Å². The predicted octanol–water partition coefficient (Wildman–Crippen LogP) is 4.64. The van der Waals surface area contributed by atoms with Crippen molar-refractivity contribution in [3.05, 3.63) is 91.9 Å². The summed E-state index contributed by atoms with van der Waals surface area (Å²) in [7, 11) is -4.58. The number of hydrogen-bond acceptors (Lipinski definition) is 11. The van der Waals surface area contributed by atoms with Crippen LogP contribution in [0.2, 0.25) is 0 Å². The maximum Gasteiger partial charge on any atom is 0.301 e. The summed E-state index contributed by atoms with van der Waals surface area (Å²) in [5, 5.41) is 33.5. The molecule has 0 amide bonds. The van der Waals surface area contributed by atoms with Crippen molar-refractivity contribution < 1.29 is 22.8 Å². The van der Waals surface area contributed by atoms with Crippen molar-refractivity contribution in [3.63, 3.8) is 0 Å². The van der Waals surface area contributed by atoms with E-state index in [2.05, 4.69) is 15.5 Å². The first-order valence-corrected chi connectivity index (χ1v) is 10.1. The van der Waals surface area contributed by atoms with Gasteiger partial charge in [-0.1, -0.05) is 0 Å². The molecule has 0 saturated carbocycles. The van der Waals surface area contributed by atoms with E-state index in [1.165, 1.54) is 36.4 Å². The molecule has 0 bridgehead atoms. The molecule has 0 aliphatic carbocycles. The molecule has 0 fully saturated rings. The summed E-state index contributed by atoms with van der Waals surface area (Å²) in [5.41, 5.74) is -0.786. The number of non-ortho nitro benzene ring substituents is 1. The molecule has 0 heterocycles. The van der Waals surface area contributed by atoms with Gasteiger partial charge in [0.05, 0.1) is 43.2 Å². The Morgan fingerprint density at radius 1 is 0.788 bits per heavy atom. The molecule has 0 saturated heterocycles. The van der Waals surface area contributed by atoms with Crippen LogP contribution in [-0.4, -0.2) is 22.8 Å². The molecule has 3 aromatic carbocycles. The van der Waals surface area contributed by atoms with E-state index in [1.807, 2.05) is 0 Å². The number of nitro benzene ring substituents is 2. The number of benzene rings is 3. The van der Waals surface area contributed by atoms with Gasteiger partial charge in [-0.15, -0.1) is 4.91 Å². The highest BCUT2D eigenvalue weighted by molar-refractivity contribution is 7.85. The van der Waals surface area contributed by atoms with Gasteiger partial charge >= 0.3 is 5.69 Å². The number of nitrogens with zero attached hydrogens (tertiary/aromatic N) is 6. The largest absolute Gasteiger partial charge is 0.744 e. The van der Waals surface area contributed by atoms with Crippen molar-refractivity contribution in [1.82, 2.24) is 0 Å². The summed E-state index contributed by atoms with van der Waals surface area (Å²) in [6.45, 7) is 0. The van der Waals surface area contributed by atoms with Crippen molar-refractivity contribution in [2.45, 2.75) is 4.90 Å². The summed E-state index contributed by atoms with van der Waals surface area (Å²) in [4.78, 5) is 31.5. The fourth-order valence-electron chi connectivity index (χ4n) is 2.64. The first-order chi connectivity index (χ1) is 15.6. The molecule has 0 radical (unpaired) electrons. The summed E-state index contributed by atoms with van der Waals surface area (Å²) in [5.74, 6) is 0. The van der Waals surface area contributed by atoms with Gasteiger partial charge in [0.15, 0.2) is 0 Å². The van der Waals surface area contributed by atoms with Gasteiger partial charge in [-0.05, 0) is 54.6 Å². The fourth-order valence-corrected chi connectivity index (χ4v) is 3.11. The van der Waals surface area contributed by atoms with Crippen LogP contribution in [0.15, 0.2) is 87.1 Å². The molecule has 0 aromatic heterocycles. The second-order valence-corrected chi connectivity index (χ2v) is 7.62. The number of nitro groups is 2. The Bertz CT molecular complexity index is 1360. The third-order valence-corrected chi connectivity index (χ3v) is 5.03. The van der Waals surface area contributed by atoms with Crippen LogP contribution in [0.1, 0.15) is 0 Å². The highest BCUT2D eigenvalue weighted by Crippen LogP contribution is 2.37.